The lowest BCUT2D eigenvalue weighted by Gasteiger charge is -2.22. The van der Waals surface area contributed by atoms with E-state index in [1.807, 2.05) is 62.4 Å². The third kappa shape index (κ3) is 7.63. The lowest BCUT2D eigenvalue weighted by molar-refractivity contribution is -0.138. The maximum atomic E-state index is 12.9. The Morgan fingerprint density at radius 1 is 1.11 bits per heavy atom. The normalized spacial score (nSPS) is 11.5. The number of carbonyl (C=O) groups excluding carboxylic acids is 1. The van der Waals surface area contributed by atoms with Crippen molar-refractivity contribution < 1.29 is 23.8 Å². The van der Waals surface area contributed by atoms with E-state index in [0.29, 0.717) is 13.1 Å². The number of rotatable bonds is 12. The molecule has 8 heteroatoms. The predicted octanol–water partition coefficient (Wildman–Crippen LogP) is 5.54. The molecule has 0 unspecified atom stereocenters. The summed E-state index contributed by atoms with van der Waals surface area (Å²) in [4.78, 5) is 27.3. The Hall–Kier alpha value is -3.23. The van der Waals surface area contributed by atoms with Gasteiger partial charge in [-0.25, -0.2) is 0 Å². The minimum absolute atomic E-state index is 0.100. The first kappa shape index (κ1) is 27.4. The number of thioether (sulfide) groups is 1. The molecule has 36 heavy (non-hydrogen) atoms. The Kier molecular flexibility index (Phi) is 9.23. The number of hydrogen-bond donors (Lipinski definition) is 2. The van der Waals surface area contributed by atoms with Gasteiger partial charge in [-0.05, 0) is 87.2 Å². The molecule has 2 aromatic carbocycles. The number of aliphatic carboxylic acids is 1. The number of nitrogens with zero attached hydrogens (tertiary/aromatic N) is 1. The van der Waals surface area contributed by atoms with Crippen molar-refractivity contribution in [3.8, 4) is 5.75 Å². The minimum Gasteiger partial charge on any atom is -0.496 e. The zero-order valence-corrected chi connectivity index (χ0v) is 22.3. The SMILES string of the molecule is COc1cc(C)c(NC(=O)CN(CCc2ccc(SC(C)(C)C(=O)O)cc2)Cc2ccco2)cc1C. The van der Waals surface area contributed by atoms with E-state index < -0.39 is 10.7 Å². The molecule has 3 aromatic rings. The Balaban J connectivity index is 1.64. The van der Waals surface area contributed by atoms with Crippen molar-refractivity contribution in [1.82, 2.24) is 4.90 Å². The molecule has 0 saturated carbocycles. The zero-order valence-electron chi connectivity index (χ0n) is 21.5. The zero-order chi connectivity index (χ0) is 26.3. The molecule has 2 N–H and O–H groups in total. The Labute approximate surface area is 216 Å². The smallest absolute Gasteiger partial charge is 0.319 e. The highest BCUT2D eigenvalue weighted by Crippen LogP contribution is 2.32. The molecule has 3 rings (SSSR count). The summed E-state index contributed by atoms with van der Waals surface area (Å²) in [6.45, 7) is 8.66. The van der Waals surface area contributed by atoms with E-state index >= 15 is 0 Å². The molecule has 0 aliphatic carbocycles. The van der Waals surface area contributed by atoms with Crippen LogP contribution in [0.15, 0.2) is 64.1 Å². The molecule has 0 aliphatic rings. The van der Waals surface area contributed by atoms with E-state index in [4.69, 9.17) is 9.15 Å². The number of amides is 1. The standard InChI is InChI=1S/C28H34N2O5S/c1-19-16-25(34-5)20(2)15-24(19)29-26(31)18-30(17-22-7-6-14-35-22)13-12-21-8-10-23(11-9-21)36-28(3,4)27(32)33/h6-11,14-16H,12-13,17-18H2,1-5H3,(H,29,31)(H,32,33). The van der Waals surface area contributed by atoms with Crippen LogP contribution in [-0.4, -0.2) is 46.8 Å². The molecule has 0 radical (unpaired) electrons. The molecular formula is C28H34N2O5S. The number of methoxy groups -OCH3 is 1. The average Bonchev–Trinajstić information content (AvgIpc) is 3.33. The van der Waals surface area contributed by atoms with Crippen LogP contribution in [-0.2, 0) is 22.6 Å². The van der Waals surface area contributed by atoms with E-state index in [1.54, 1.807) is 27.2 Å². The molecule has 192 valence electrons. The van der Waals surface area contributed by atoms with Crippen LogP contribution in [0, 0.1) is 13.8 Å². The second kappa shape index (κ2) is 12.1. The Bertz CT molecular complexity index is 1170. The summed E-state index contributed by atoms with van der Waals surface area (Å²) < 4.78 is 9.99. The number of anilines is 1. The van der Waals surface area contributed by atoms with Gasteiger partial charge < -0.3 is 19.6 Å². The highest BCUT2D eigenvalue weighted by Gasteiger charge is 2.28. The summed E-state index contributed by atoms with van der Waals surface area (Å²) in [6, 6.07) is 15.5. The third-order valence-electron chi connectivity index (χ3n) is 5.87. The summed E-state index contributed by atoms with van der Waals surface area (Å²) in [5.41, 5.74) is 3.78. The van der Waals surface area contributed by atoms with Crippen molar-refractivity contribution in [3.63, 3.8) is 0 Å². The van der Waals surface area contributed by atoms with Gasteiger partial charge in [-0.2, -0.15) is 0 Å². The molecule has 1 heterocycles. The van der Waals surface area contributed by atoms with Crippen molar-refractivity contribution in [2.45, 2.75) is 50.3 Å². The fourth-order valence-electron chi connectivity index (χ4n) is 3.72. The van der Waals surface area contributed by atoms with Gasteiger partial charge in [0, 0.05) is 17.1 Å². The largest absolute Gasteiger partial charge is 0.496 e. The van der Waals surface area contributed by atoms with Crippen LogP contribution in [0.5, 0.6) is 5.75 Å². The molecule has 1 amide bonds. The maximum absolute atomic E-state index is 12.9. The molecule has 0 fully saturated rings. The number of aryl methyl sites for hydroxylation is 2. The van der Waals surface area contributed by atoms with Crippen molar-refractivity contribution in [3.05, 3.63) is 77.2 Å². The van der Waals surface area contributed by atoms with Crippen LogP contribution in [0.3, 0.4) is 0 Å². The summed E-state index contributed by atoms with van der Waals surface area (Å²) in [5, 5.41) is 12.4. The van der Waals surface area contributed by atoms with E-state index in [0.717, 1.165) is 45.2 Å². The first-order valence-corrected chi connectivity index (χ1v) is 12.6. The molecule has 0 spiro atoms. The van der Waals surface area contributed by atoms with Crippen LogP contribution in [0.2, 0.25) is 0 Å². The fourth-order valence-corrected chi connectivity index (χ4v) is 4.67. The van der Waals surface area contributed by atoms with Crippen molar-refractivity contribution >= 4 is 29.3 Å². The molecule has 0 atom stereocenters. The summed E-state index contributed by atoms with van der Waals surface area (Å²) in [6.07, 6.45) is 2.37. The van der Waals surface area contributed by atoms with E-state index in [2.05, 4.69) is 10.2 Å². The minimum atomic E-state index is -0.893. The van der Waals surface area contributed by atoms with Crippen LogP contribution in [0.1, 0.15) is 36.3 Å². The topological polar surface area (TPSA) is 92.0 Å². The van der Waals surface area contributed by atoms with Gasteiger partial charge in [0.1, 0.15) is 16.3 Å². The van der Waals surface area contributed by atoms with Crippen LogP contribution < -0.4 is 10.1 Å². The summed E-state index contributed by atoms with van der Waals surface area (Å²) >= 11 is 1.32. The van der Waals surface area contributed by atoms with Gasteiger partial charge in [-0.3, -0.25) is 14.5 Å². The van der Waals surface area contributed by atoms with Crippen molar-refractivity contribution in [2.75, 3.05) is 25.5 Å². The number of carbonyl (C=O) groups is 2. The number of nitrogens with one attached hydrogen (secondary N) is 1. The second-order valence-corrected chi connectivity index (χ2v) is 11.0. The molecule has 7 nitrogen and oxygen atoms in total. The maximum Gasteiger partial charge on any atom is 0.319 e. The first-order chi connectivity index (χ1) is 17.1. The molecule has 0 aliphatic heterocycles. The van der Waals surface area contributed by atoms with Crippen LogP contribution >= 0.6 is 11.8 Å². The highest BCUT2D eigenvalue weighted by atomic mass is 32.2. The number of ether oxygens (including phenoxy) is 1. The van der Waals surface area contributed by atoms with E-state index in [9.17, 15) is 14.7 Å². The monoisotopic (exact) mass is 510 g/mol. The van der Waals surface area contributed by atoms with Gasteiger partial charge in [0.05, 0.1) is 26.5 Å². The summed E-state index contributed by atoms with van der Waals surface area (Å²) in [5.74, 6) is 0.642. The number of furan rings is 1. The third-order valence-corrected chi connectivity index (χ3v) is 7.06. The van der Waals surface area contributed by atoms with Gasteiger partial charge in [0.2, 0.25) is 5.91 Å². The molecule has 0 bridgehead atoms. The van der Waals surface area contributed by atoms with Gasteiger partial charge in [-0.15, -0.1) is 11.8 Å². The average molecular weight is 511 g/mol. The van der Waals surface area contributed by atoms with Crippen LogP contribution in [0.25, 0.3) is 0 Å². The van der Waals surface area contributed by atoms with E-state index in [-0.39, 0.29) is 12.5 Å². The summed E-state index contributed by atoms with van der Waals surface area (Å²) in [7, 11) is 1.63. The lowest BCUT2D eigenvalue weighted by atomic mass is 10.1. The van der Waals surface area contributed by atoms with Gasteiger partial charge in [0.15, 0.2) is 0 Å². The fraction of sp³-hybridized carbons (Fsp3) is 0.357. The molecular weight excluding hydrogens is 476 g/mol. The highest BCUT2D eigenvalue weighted by molar-refractivity contribution is 8.01. The predicted molar refractivity (Wildman–Crippen MR) is 143 cm³/mol. The number of benzene rings is 2. The number of hydrogen-bond acceptors (Lipinski definition) is 6. The van der Waals surface area contributed by atoms with E-state index in [1.165, 1.54) is 11.8 Å². The molecule has 0 saturated heterocycles. The van der Waals surface area contributed by atoms with Gasteiger partial charge in [-0.1, -0.05) is 12.1 Å². The number of carboxylic acid groups (broad SMARTS) is 1. The quantitative estimate of drug-likeness (QED) is 0.309. The Morgan fingerprint density at radius 3 is 2.44 bits per heavy atom. The van der Waals surface area contributed by atoms with Crippen molar-refractivity contribution in [1.29, 1.82) is 0 Å². The molecule has 1 aromatic heterocycles. The number of carboxylic acids is 1. The lowest BCUT2D eigenvalue weighted by Crippen LogP contribution is -2.34. The van der Waals surface area contributed by atoms with Crippen LogP contribution in [0.4, 0.5) is 5.69 Å². The Morgan fingerprint density at radius 2 is 1.83 bits per heavy atom. The van der Waals surface area contributed by atoms with Gasteiger partial charge in [0.25, 0.3) is 0 Å². The van der Waals surface area contributed by atoms with Gasteiger partial charge >= 0.3 is 5.97 Å². The second-order valence-electron chi connectivity index (χ2n) is 9.29. The first-order valence-electron chi connectivity index (χ1n) is 11.8. The van der Waals surface area contributed by atoms with Crippen molar-refractivity contribution in [2.24, 2.45) is 0 Å².